The van der Waals surface area contributed by atoms with E-state index in [9.17, 15) is 24.4 Å². The van der Waals surface area contributed by atoms with Crippen LogP contribution in [-0.2, 0) is 9.59 Å². The van der Waals surface area contributed by atoms with Crippen LogP contribution in [0.2, 0.25) is 0 Å². The van der Waals surface area contributed by atoms with Gasteiger partial charge in [-0.05, 0) is 23.1 Å². The van der Waals surface area contributed by atoms with Gasteiger partial charge in [0.15, 0.2) is 0 Å². The zero-order chi connectivity index (χ0) is 20.0. The van der Waals surface area contributed by atoms with Gasteiger partial charge in [0.1, 0.15) is 17.2 Å². The second kappa shape index (κ2) is 8.20. The van der Waals surface area contributed by atoms with Crippen molar-refractivity contribution in [3.63, 3.8) is 0 Å². The van der Waals surface area contributed by atoms with Crippen LogP contribution in [0.5, 0.6) is 11.5 Å². The van der Waals surface area contributed by atoms with Gasteiger partial charge < -0.3 is 24.9 Å². The van der Waals surface area contributed by atoms with E-state index in [-0.39, 0.29) is 51.8 Å². The summed E-state index contributed by atoms with van der Waals surface area (Å²) in [6, 6.07) is 6.26. The molecule has 0 fully saturated rings. The highest BCUT2D eigenvalue weighted by atomic mass is 16.5. The number of hydrogen-bond donors (Lipinski definition) is 2. The Balaban J connectivity index is 2.53. The molecule has 0 radical (unpaired) electrons. The van der Waals surface area contributed by atoms with E-state index >= 15 is 0 Å². The molecule has 0 atom stereocenters. The predicted octanol–water partition coefficient (Wildman–Crippen LogP) is 2.08. The fraction of sp³-hybridized carbons (Fsp3) is 0. The molecule has 0 unspecified atom stereocenters. The van der Waals surface area contributed by atoms with Gasteiger partial charge in [0.25, 0.3) is 12.9 Å². The average molecular weight is 374 g/mol. The molecule has 2 aromatic rings. The Bertz CT molecular complexity index is 953. The molecular formula is C16H10N2O9. The van der Waals surface area contributed by atoms with Gasteiger partial charge >= 0.3 is 11.9 Å². The monoisotopic (exact) mass is 374 g/mol. The minimum Gasteiger partial charge on any atom is -0.594 e. The second-order valence-corrected chi connectivity index (χ2v) is 4.84. The Morgan fingerprint density at radius 1 is 0.889 bits per heavy atom. The van der Waals surface area contributed by atoms with Gasteiger partial charge in [0, 0.05) is 17.2 Å². The van der Waals surface area contributed by atoms with Crippen LogP contribution < -0.4 is 9.47 Å². The summed E-state index contributed by atoms with van der Waals surface area (Å²) in [5.41, 5.74) is -1.12. The Hall–Kier alpha value is -4.28. The summed E-state index contributed by atoms with van der Waals surface area (Å²) in [4.78, 5) is 43.1. The number of azo groups is 1. The number of benzene rings is 2. The first-order valence-corrected chi connectivity index (χ1v) is 7.00. The molecule has 2 rings (SSSR count). The second-order valence-electron chi connectivity index (χ2n) is 4.84. The van der Waals surface area contributed by atoms with Crippen LogP contribution in [0.1, 0.15) is 20.7 Å². The fourth-order valence-electron chi connectivity index (χ4n) is 1.99. The van der Waals surface area contributed by atoms with Crippen molar-refractivity contribution >= 4 is 36.3 Å². The molecule has 2 aromatic carbocycles. The number of ether oxygens (including phenoxy) is 2. The van der Waals surface area contributed by atoms with E-state index in [0.29, 0.717) is 0 Å². The van der Waals surface area contributed by atoms with Gasteiger partial charge in [0.2, 0.25) is 5.69 Å². The lowest BCUT2D eigenvalue weighted by atomic mass is 10.2. The highest BCUT2D eigenvalue weighted by molar-refractivity contribution is 5.90. The molecule has 0 aliphatic carbocycles. The quantitative estimate of drug-likeness (QED) is 0.304. The molecule has 0 amide bonds. The number of carbonyl (C=O) groups excluding carboxylic acids is 2. The van der Waals surface area contributed by atoms with Crippen LogP contribution in [0.25, 0.3) is 0 Å². The summed E-state index contributed by atoms with van der Waals surface area (Å²) in [6.07, 6.45) is 0. The maximum atomic E-state index is 12.3. The molecule has 27 heavy (non-hydrogen) atoms. The van der Waals surface area contributed by atoms with E-state index in [2.05, 4.69) is 14.6 Å². The van der Waals surface area contributed by atoms with E-state index < -0.39 is 11.9 Å². The number of aromatic carboxylic acids is 2. The first-order valence-electron chi connectivity index (χ1n) is 7.00. The van der Waals surface area contributed by atoms with Gasteiger partial charge in [-0.25, -0.2) is 9.59 Å². The van der Waals surface area contributed by atoms with Gasteiger partial charge in [-0.15, -0.1) is 0 Å². The van der Waals surface area contributed by atoms with Crippen LogP contribution in [0, 0.1) is 5.21 Å². The van der Waals surface area contributed by atoms with Crippen molar-refractivity contribution in [1.29, 1.82) is 0 Å². The van der Waals surface area contributed by atoms with Crippen molar-refractivity contribution in [2.75, 3.05) is 0 Å². The van der Waals surface area contributed by atoms with Crippen molar-refractivity contribution in [3.05, 3.63) is 52.7 Å². The molecule has 11 nitrogen and oxygen atoms in total. The number of rotatable bonds is 8. The first kappa shape index (κ1) is 19.1. The molecule has 0 spiro atoms. The summed E-state index contributed by atoms with van der Waals surface area (Å²) in [7, 11) is 0. The standard InChI is InChI=1S/C16H10N2O9/c19-7-26-13-3-9(15(21)22)1-11(5-13)17-18(25)12-2-10(16(23)24)4-14(6-12)27-8-20/h1-8H,(H,21,22)(H,23,24)/b18-17-. The Morgan fingerprint density at radius 2 is 1.41 bits per heavy atom. The lowest BCUT2D eigenvalue weighted by molar-refractivity contribution is -0.435. The summed E-state index contributed by atoms with van der Waals surface area (Å²) < 4.78 is 9.12. The summed E-state index contributed by atoms with van der Waals surface area (Å²) >= 11 is 0. The van der Waals surface area contributed by atoms with Gasteiger partial charge in [0.05, 0.1) is 17.2 Å². The molecule has 0 bridgehead atoms. The molecule has 0 aliphatic rings. The molecule has 0 saturated heterocycles. The van der Waals surface area contributed by atoms with E-state index in [0.717, 1.165) is 36.4 Å². The molecule has 0 saturated carbocycles. The minimum atomic E-state index is -1.38. The summed E-state index contributed by atoms with van der Waals surface area (Å²) in [5, 5.41) is 34.0. The molecule has 2 N–H and O–H groups in total. The van der Waals surface area contributed by atoms with Gasteiger partial charge in [-0.2, -0.15) is 0 Å². The third-order valence-corrected chi connectivity index (χ3v) is 3.07. The molecule has 138 valence electrons. The molecule has 0 aliphatic heterocycles. The van der Waals surface area contributed by atoms with Crippen molar-refractivity contribution < 1.29 is 43.7 Å². The minimum absolute atomic E-state index is 0.00421. The largest absolute Gasteiger partial charge is 0.594 e. The Kier molecular flexibility index (Phi) is 5.79. The Morgan fingerprint density at radius 3 is 1.93 bits per heavy atom. The topological polar surface area (TPSA) is 166 Å². The predicted molar refractivity (Wildman–Crippen MR) is 85.6 cm³/mol. The van der Waals surface area contributed by atoms with Crippen molar-refractivity contribution in [3.8, 4) is 11.5 Å². The van der Waals surface area contributed by atoms with Gasteiger partial charge in [-0.1, -0.05) is 0 Å². The Labute approximate surface area is 150 Å². The van der Waals surface area contributed by atoms with Crippen LogP contribution in [0.3, 0.4) is 0 Å². The van der Waals surface area contributed by atoms with E-state index in [1.165, 1.54) is 0 Å². The molecule has 0 heterocycles. The number of carboxylic acids is 2. The van der Waals surface area contributed by atoms with Crippen molar-refractivity contribution in [2.45, 2.75) is 0 Å². The van der Waals surface area contributed by atoms with Gasteiger partial charge in [-0.3, -0.25) is 9.59 Å². The molecule has 0 aromatic heterocycles. The van der Waals surface area contributed by atoms with Crippen LogP contribution in [0.4, 0.5) is 11.4 Å². The highest BCUT2D eigenvalue weighted by Crippen LogP contribution is 2.27. The lowest BCUT2D eigenvalue weighted by Gasteiger charge is -2.05. The maximum Gasteiger partial charge on any atom is 0.336 e. The summed E-state index contributed by atoms with van der Waals surface area (Å²) in [5.74, 6) is -3.10. The highest BCUT2D eigenvalue weighted by Gasteiger charge is 2.15. The normalized spacial score (nSPS) is 10.7. The zero-order valence-electron chi connectivity index (χ0n) is 13.3. The van der Waals surface area contributed by atoms with Crippen LogP contribution in [0.15, 0.2) is 41.5 Å². The number of carbonyl (C=O) groups is 4. The first-order chi connectivity index (χ1) is 12.8. The molecule has 11 heteroatoms. The third-order valence-electron chi connectivity index (χ3n) is 3.07. The third kappa shape index (κ3) is 4.85. The number of carboxylic acid groups (broad SMARTS) is 2. The number of hydrogen-bond acceptors (Lipinski definition) is 8. The smallest absolute Gasteiger partial charge is 0.336 e. The number of nitrogens with zero attached hydrogens (tertiary/aromatic N) is 2. The van der Waals surface area contributed by atoms with E-state index in [1.54, 1.807) is 0 Å². The lowest BCUT2D eigenvalue weighted by Crippen LogP contribution is -2.01. The van der Waals surface area contributed by atoms with E-state index in [4.69, 9.17) is 10.2 Å². The zero-order valence-corrected chi connectivity index (χ0v) is 13.3. The van der Waals surface area contributed by atoms with Crippen molar-refractivity contribution in [1.82, 2.24) is 0 Å². The average Bonchev–Trinajstić information content (AvgIpc) is 2.61. The fourth-order valence-corrected chi connectivity index (χ4v) is 1.99. The maximum absolute atomic E-state index is 12.3. The van der Waals surface area contributed by atoms with Crippen LogP contribution in [-0.4, -0.2) is 40.0 Å². The van der Waals surface area contributed by atoms with Crippen molar-refractivity contribution in [2.24, 2.45) is 5.11 Å². The molecular weight excluding hydrogens is 364 g/mol. The summed E-state index contributed by atoms with van der Waals surface area (Å²) in [6.45, 7) is 0.121. The van der Waals surface area contributed by atoms with E-state index in [1.807, 2.05) is 0 Å². The SMILES string of the molecule is O=COc1cc(/N=[N+](\[O-])c2cc(OC=O)cc(C(=O)O)c2)cc(C(=O)O)c1. The van der Waals surface area contributed by atoms with Crippen LogP contribution >= 0.6 is 0 Å².